The highest BCUT2D eigenvalue weighted by atomic mass is 16.3. The van der Waals surface area contributed by atoms with E-state index in [2.05, 4.69) is 15.3 Å². The van der Waals surface area contributed by atoms with Gasteiger partial charge in [0.2, 0.25) is 0 Å². The Labute approximate surface area is 198 Å². The molecular formula is C27H28N4O3. The van der Waals surface area contributed by atoms with Gasteiger partial charge < -0.3 is 9.73 Å². The minimum atomic E-state index is -0.299. The van der Waals surface area contributed by atoms with Crippen LogP contribution < -0.4 is 10.9 Å². The molecule has 0 saturated carbocycles. The Morgan fingerprint density at radius 2 is 1.68 bits per heavy atom. The van der Waals surface area contributed by atoms with Gasteiger partial charge in [-0.3, -0.25) is 14.5 Å². The number of hydrogen-bond acceptors (Lipinski definition) is 5. The lowest BCUT2D eigenvalue weighted by Gasteiger charge is -2.33. The third-order valence-corrected chi connectivity index (χ3v) is 6.42. The van der Waals surface area contributed by atoms with Crippen LogP contribution in [0.5, 0.6) is 0 Å². The fourth-order valence-corrected chi connectivity index (χ4v) is 4.66. The average molecular weight is 457 g/mol. The number of amides is 1. The van der Waals surface area contributed by atoms with Gasteiger partial charge in [-0.05, 0) is 49.7 Å². The number of nitrogens with zero attached hydrogens (tertiary/aromatic N) is 3. The van der Waals surface area contributed by atoms with Gasteiger partial charge in [0.05, 0.1) is 24.2 Å². The normalized spacial score (nSPS) is 15.3. The number of fused-ring (bicyclic) bond motifs is 1. The van der Waals surface area contributed by atoms with Gasteiger partial charge in [-0.25, -0.2) is 4.68 Å². The second kappa shape index (κ2) is 10.1. The molecule has 3 heterocycles. The van der Waals surface area contributed by atoms with Crippen LogP contribution in [-0.2, 0) is 6.54 Å². The maximum absolute atomic E-state index is 13.4. The number of hydrogen-bond donors (Lipinski definition) is 1. The van der Waals surface area contributed by atoms with E-state index in [9.17, 15) is 9.59 Å². The summed E-state index contributed by atoms with van der Waals surface area (Å²) in [6, 6.07) is 20.6. The molecule has 1 aliphatic heterocycles. The molecule has 0 spiro atoms. The van der Waals surface area contributed by atoms with Gasteiger partial charge in [-0.1, -0.05) is 55.0 Å². The van der Waals surface area contributed by atoms with Crippen molar-refractivity contribution in [2.45, 2.75) is 31.8 Å². The molecule has 34 heavy (non-hydrogen) atoms. The second-order valence-corrected chi connectivity index (χ2v) is 8.68. The van der Waals surface area contributed by atoms with E-state index in [1.165, 1.54) is 11.1 Å². The molecule has 1 saturated heterocycles. The molecule has 7 nitrogen and oxygen atoms in total. The van der Waals surface area contributed by atoms with Crippen molar-refractivity contribution in [2.75, 3.05) is 19.6 Å². The molecule has 0 unspecified atom stereocenters. The second-order valence-electron chi connectivity index (χ2n) is 8.68. The molecule has 2 aromatic carbocycles. The quantitative estimate of drug-likeness (QED) is 0.455. The minimum Gasteiger partial charge on any atom is -0.468 e. The summed E-state index contributed by atoms with van der Waals surface area (Å²) in [6.45, 7) is 2.66. The maximum Gasteiger partial charge on any atom is 0.274 e. The number of rotatable bonds is 7. The zero-order valence-electron chi connectivity index (χ0n) is 19.0. The molecule has 174 valence electrons. The monoisotopic (exact) mass is 456 g/mol. The summed E-state index contributed by atoms with van der Waals surface area (Å²) in [5.74, 6) is 0.542. The van der Waals surface area contributed by atoms with Gasteiger partial charge in [-0.2, -0.15) is 5.10 Å². The highest BCUT2D eigenvalue weighted by Crippen LogP contribution is 2.25. The Bertz CT molecular complexity index is 1310. The molecule has 4 aromatic rings. The topological polar surface area (TPSA) is 80.4 Å². The fourth-order valence-electron chi connectivity index (χ4n) is 4.66. The number of carbonyl (C=O) groups is 1. The van der Waals surface area contributed by atoms with Crippen LogP contribution in [0.15, 0.2) is 82.2 Å². The van der Waals surface area contributed by atoms with Crippen molar-refractivity contribution in [3.8, 4) is 0 Å². The molecule has 1 aliphatic rings. The summed E-state index contributed by atoms with van der Waals surface area (Å²) >= 11 is 0. The van der Waals surface area contributed by atoms with Crippen LogP contribution in [0.2, 0.25) is 0 Å². The first-order chi connectivity index (χ1) is 16.7. The lowest BCUT2D eigenvalue weighted by Crippen LogP contribution is -2.41. The fraction of sp³-hybridized carbons (Fsp3) is 0.296. The van der Waals surface area contributed by atoms with E-state index in [-0.39, 0.29) is 23.2 Å². The zero-order valence-corrected chi connectivity index (χ0v) is 19.0. The van der Waals surface area contributed by atoms with E-state index in [1.54, 1.807) is 18.4 Å². The van der Waals surface area contributed by atoms with Crippen molar-refractivity contribution in [2.24, 2.45) is 0 Å². The number of furan rings is 1. The summed E-state index contributed by atoms with van der Waals surface area (Å²) in [4.78, 5) is 28.8. The molecule has 2 aromatic heterocycles. The first kappa shape index (κ1) is 22.1. The van der Waals surface area contributed by atoms with Gasteiger partial charge in [0.25, 0.3) is 11.5 Å². The Morgan fingerprint density at radius 1 is 0.941 bits per heavy atom. The number of piperidine rings is 1. The van der Waals surface area contributed by atoms with Crippen LogP contribution >= 0.6 is 0 Å². The molecule has 0 bridgehead atoms. The van der Waals surface area contributed by atoms with Crippen molar-refractivity contribution < 1.29 is 9.21 Å². The summed E-state index contributed by atoms with van der Waals surface area (Å²) in [6.07, 6.45) is 5.18. The molecule has 7 heteroatoms. The van der Waals surface area contributed by atoms with Crippen LogP contribution in [-0.4, -0.2) is 40.2 Å². The van der Waals surface area contributed by atoms with Crippen LogP contribution in [0.3, 0.4) is 0 Å². The molecular weight excluding hydrogens is 428 g/mol. The Kier molecular flexibility index (Phi) is 6.53. The zero-order chi connectivity index (χ0) is 23.3. The standard InChI is InChI=1S/C27H28N4O3/c32-26(28-18-23(24-14-9-17-34-24)30-15-7-2-8-16-30)25-21-12-5-6-13-22(21)27(33)31(29-25)19-20-10-3-1-4-11-20/h1,3-6,9-14,17,23H,2,7-8,15-16,18-19H2,(H,28,32)/t23-/m0/s1. The van der Waals surface area contributed by atoms with Gasteiger partial charge in [-0.15, -0.1) is 0 Å². The number of carbonyl (C=O) groups excluding carboxylic acids is 1. The molecule has 5 rings (SSSR count). The van der Waals surface area contributed by atoms with Gasteiger partial charge in [0.15, 0.2) is 5.69 Å². The molecule has 1 fully saturated rings. The van der Waals surface area contributed by atoms with Crippen molar-refractivity contribution >= 4 is 16.7 Å². The van der Waals surface area contributed by atoms with Crippen LogP contribution in [0.1, 0.15) is 47.1 Å². The van der Waals surface area contributed by atoms with Gasteiger partial charge in [0.1, 0.15) is 5.76 Å². The summed E-state index contributed by atoms with van der Waals surface area (Å²) < 4.78 is 7.08. The predicted octanol–water partition coefficient (Wildman–Crippen LogP) is 3.99. The van der Waals surface area contributed by atoms with Crippen LogP contribution in [0.25, 0.3) is 10.8 Å². The first-order valence-electron chi connectivity index (χ1n) is 11.8. The summed E-state index contributed by atoms with van der Waals surface area (Å²) in [7, 11) is 0. The number of nitrogens with one attached hydrogen (secondary N) is 1. The van der Waals surface area contributed by atoms with E-state index in [0.717, 1.165) is 37.3 Å². The number of aromatic nitrogens is 2. The van der Waals surface area contributed by atoms with Crippen molar-refractivity contribution in [3.05, 3.63) is 100 Å². The van der Waals surface area contributed by atoms with E-state index in [0.29, 0.717) is 23.9 Å². The highest BCUT2D eigenvalue weighted by Gasteiger charge is 2.26. The lowest BCUT2D eigenvalue weighted by atomic mass is 10.1. The third-order valence-electron chi connectivity index (χ3n) is 6.42. The van der Waals surface area contributed by atoms with Gasteiger partial charge >= 0.3 is 0 Å². The number of benzene rings is 2. The largest absolute Gasteiger partial charge is 0.468 e. The third kappa shape index (κ3) is 4.65. The van der Waals surface area contributed by atoms with E-state index >= 15 is 0 Å². The van der Waals surface area contributed by atoms with E-state index in [1.807, 2.05) is 54.6 Å². The predicted molar refractivity (Wildman–Crippen MR) is 131 cm³/mol. The van der Waals surface area contributed by atoms with Crippen molar-refractivity contribution in [1.29, 1.82) is 0 Å². The van der Waals surface area contributed by atoms with Crippen molar-refractivity contribution in [1.82, 2.24) is 20.0 Å². The molecule has 1 N–H and O–H groups in total. The average Bonchev–Trinajstić information content (AvgIpc) is 3.42. The smallest absolute Gasteiger partial charge is 0.274 e. The number of likely N-dealkylation sites (tertiary alicyclic amines) is 1. The molecule has 1 atom stereocenters. The highest BCUT2D eigenvalue weighted by molar-refractivity contribution is 6.04. The molecule has 0 aliphatic carbocycles. The van der Waals surface area contributed by atoms with Gasteiger partial charge in [0, 0.05) is 11.9 Å². The Balaban J connectivity index is 1.44. The Hall–Kier alpha value is -3.71. The first-order valence-corrected chi connectivity index (χ1v) is 11.8. The van der Waals surface area contributed by atoms with Crippen LogP contribution in [0.4, 0.5) is 0 Å². The van der Waals surface area contributed by atoms with E-state index in [4.69, 9.17) is 4.42 Å². The van der Waals surface area contributed by atoms with Crippen LogP contribution in [0, 0.1) is 0 Å². The summed E-state index contributed by atoms with van der Waals surface area (Å²) in [5.41, 5.74) is 0.988. The lowest BCUT2D eigenvalue weighted by molar-refractivity contribution is 0.0909. The minimum absolute atomic E-state index is 0.0410. The molecule has 0 radical (unpaired) electrons. The van der Waals surface area contributed by atoms with E-state index < -0.39 is 0 Å². The molecule has 1 amide bonds. The SMILES string of the molecule is O=C(NC[C@@H](c1ccco1)N1CCCCC1)c1nn(Cc2ccccc2)c(=O)c2ccccc12. The Morgan fingerprint density at radius 3 is 2.41 bits per heavy atom. The maximum atomic E-state index is 13.4. The van der Waals surface area contributed by atoms with Crippen molar-refractivity contribution in [3.63, 3.8) is 0 Å². The summed E-state index contributed by atoms with van der Waals surface area (Å²) in [5, 5.41) is 8.61.